The molecule has 0 amide bonds. The van der Waals surface area contributed by atoms with Gasteiger partial charge in [-0.25, -0.2) is 13.1 Å². The molecule has 1 aromatic heterocycles. The highest BCUT2D eigenvalue weighted by molar-refractivity contribution is 7.89. The average molecular weight is 310 g/mol. The van der Waals surface area contributed by atoms with Gasteiger partial charge in [-0.15, -0.1) is 0 Å². The third-order valence-corrected chi connectivity index (χ3v) is 4.49. The molecule has 0 aliphatic carbocycles. The lowest BCUT2D eigenvalue weighted by Gasteiger charge is -2.07. The summed E-state index contributed by atoms with van der Waals surface area (Å²) in [4.78, 5) is 0. The maximum Gasteiger partial charge on any atom is 0.258 e. The summed E-state index contributed by atoms with van der Waals surface area (Å²) in [6.45, 7) is 0.400. The summed E-state index contributed by atoms with van der Waals surface area (Å²) in [6, 6.07) is 5.25. The van der Waals surface area contributed by atoms with Crippen molar-refractivity contribution in [3.05, 3.63) is 35.5 Å². The van der Waals surface area contributed by atoms with E-state index in [1.54, 1.807) is 18.2 Å². The molecule has 0 fully saturated rings. The van der Waals surface area contributed by atoms with Gasteiger partial charge in [0, 0.05) is 18.7 Å². The molecule has 0 atom stereocenters. The normalized spacial score (nSPS) is 13.6. The van der Waals surface area contributed by atoms with E-state index in [2.05, 4.69) is 14.9 Å². The first kappa shape index (κ1) is 13.9. The molecule has 1 aromatic carbocycles. The van der Waals surface area contributed by atoms with Gasteiger partial charge in [0.25, 0.3) is 10.0 Å². The van der Waals surface area contributed by atoms with E-state index in [0.29, 0.717) is 17.1 Å². The van der Waals surface area contributed by atoms with Crippen LogP contribution in [0.15, 0.2) is 29.4 Å². The van der Waals surface area contributed by atoms with Gasteiger partial charge in [-0.05, 0) is 17.7 Å². The lowest BCUT2D eigenvalue weighted by molar-refractivity contribution is 0.174. The van der Waals surface area contributed by atoms with Crippen LogP contribution in [-0.2, 0) is 23.1 Å². The molecule has 0 unspecified atom stereocenters. The van der Waals surface area contributed by atoms with Crippen LogP contribution in [0.1, 0.15) is 11.1 Å². The second-order valence-corrected chi connectivity index (χ2v) is 6.14. The van der Waals surface area contributed by atoms with Crippen LogP contribution in [0.5, 0.6) is 11.5 Å². The van der Waals surface area contributed by atoms with Crippen molar-refractivity contribution in [1.29, 1.82) is 0 Å². The first-order chi connectivity index (χ1) is 10.1. The molecule has 0 spiro atoms. The molecule has 1 aliphatic heterocycles. The minimum absolute atomic E-state index is 0.00857. The van der Waals surface area contributed by atoms with E-state index >= 15 is 0 Å². The van der Waals surface area contributed by atoms with Crippen molar-refractivity contribution in [2.45, 2.75) is 18.1 Å². The Kier molecular flexibility index (Phi) is 3.53. The fourth-order valence-corrected chi connectivity index (χ4v) is 3.13. The second kappa shape index (κ2) is 5.35. The number of aromatic amines is 1. The van der Waals surface area contributed by atoms with Gasteiger partial charge in [-0.3, -0.25) is 5.10 Å². The molecule has 0 bridgehead atoms. The van der Waals surface area contributed by atoms with Gasteiger partial charge in [-0.2, -0.15) is 5.10 Å². The van der Waals surface area contributed by atoms with Crippen LogP contribution in [0.3, 0.4) is 0 Å². The van der Waals surface area contributed by atoms with Crippen LogP contribution in [0, 0.1) is 0 Å². The van der Waals surface area contributed by atoms with Gasteiger partial charge in [-0.1, -0.05) is 6.07 Å². The van der Waals surface area contributed by atoms with Gasteiger partial charge in [0.1, 0.15) is 0 Å². The Hall–Kier alpha value is -2.10. The molecule has 9 heteroatoms. The van der Waals surface area contributed by atoms with Crippen LogP contribution in [0.2, 0.25) is 0 Å². The first-order valence-corrected chi connectivity index (χ1v) is 7.69. The maximum atomic E-state index is 12.2. The SMILES string of the molecule is NCc1cn[nH]c1S(=O)(=O)NCc1ccc2c(c1)OCO2. The molecule has 0 saturated heterocycles. The minimum Gasteiger partial charge on any atom is -0.454 e. The fourth-order valence-electron chi connectivity index (χ4n) is 1.98. The van der Waals surface area contributed by atoms with Crippen molar-refractivity contribution in [2.24, 2.45) is 5.73 Å². The molecule has 21 heavy (non-hydrogen) atoms. The van der Waals surface area contributed by atoms with Crippen LogP contribution >= 0.6 is 0 Å². The zero-order chi connectivity index (χ0) is 14.9. The first-order valence-electron chi connectivity index (χ1n) is 6.20. The summed E-state index contributed by atoms with van der Waals surface area (Å²) >= 11 is 0. The molecular weight excluding hydrogens is 296 g/mol. The molecule has 1 aliphatic rings. The van der Waals surface area contributed by atoms with Gasteiger partial charge in [0.2, 0.25) is 6.79 Å². The average Bonchev–Trinajstić information content (AvgIpc) is 3.13. The van der Waals surface area contributed by atoms with Crippen molar-refractivity contribution in [2.75, 3.05) is 6.79 Å². The van der Waals surface area contributed by atoms with Crippen LogP contribution in [0.4, 0.5) is 0 Å². The van der Waals surface area contributed by atoms with Gasteiger partial charge in [0.05, 0.1) is 6.20 Å². The number of H-pyrrole nitrogens is 1. The summed E-state index contributed by atoms with van der Waals surface area (Å²) in [7, 11) is -3.69. The molecule has 0 radical (unpaired) electrons. The van der Waals surface area contributed by atoms with Gasteiger partial charge >= 0.3 is 0 Å². The van der Waals surface area contributed by atoms with Crippen molar-refractivity contribution in [1.82, 2.24) is 14.9 Å². The summed E-state index contributed by atoms with van der Waals surface area (Å²) < 4.78 is 37.3. The molecule has 0 saturated carbocycles. The van der Waals surface area contributed by atoms with E-state index in [0.717, 1.165) is 5.56 Å². The monoisotopic (exact) mass is 310 g/mol. The van der Waals surface area contributed by atoms with Crippen molar-refractivity contribution in [3.63, 3.8) is 0 Å². The molecule has 4 N–H and O–H groups in total. The number of rotatable bonds is 5. The second-order valence-electron chi connectivity index (χ2n) is 4.44. The standard InChI is InChI=1S/C12H14N4O4S/c13-4-9-6-14-16-12(9)21(17,18)15-5-8-1-2-10-11(3-8)20-7-19-10/h1-3,6,15H,4-5,7,13H2,(H,14,16). The number of nitrogens with two attached hydrogens (primary N) is 1. The van der Waals surface area contributed by atoms with E-state index in [-0.39, 0.29) is 24.9 Å². The highest BCUT2D eigenvalue weighted by Crippen LogP contribution is 2.32. The number of benzene rings is 1. The van der Waals surface area contributed by atoms with Gasteiger partial charge in [0.15, 0.2) is 16.5 Å². The third-order valence-electron chi connectivity index (χ3n) is 3.07. The smallest absolute Gasteiger partial charge is 0.258 e. The van der Waals surface area contributed by atoms with Crippen LogP contribution in [-0.4, -0.2) is 25.4 Å². The zero-order valence-electron chi connectivity index (χ0n) is 11.0. The number of aromatic nitrogens is 2. The van der Waals surface area contributed by atoms with Crippen molar-refractivity contribution >= 4 is 10.0 Å². The number of nitrogens with zero attached hydrogens (tertiary/aromatic N) is 1. The summed E-state index contributed by atoms with van der Waals surface area (Å²) in [5, 5.41) is 6.14. The summed E-state index contributed by atoms with van der Waals surface area (Å²) in [6.07, 6.45) is 1.40. The highest BCUT2D eigenvalue weighted by atomic mass is 32.2. The maximum absolute atomic E-state index is 12.2. The predicted molar refractivity (Wildman–Crippen MR) is 73.1 cm³/mol. The van der Waals surface area contributed by atoms with Gasteiger partial charge < -0.3 is 15.2 Å². The molecule has 2 aromatic rings. The van der Waals surface area contributed by atoms with E-state index in [9.17, 15) is 8.42 Å². The lowest BCUT2D eigenvalue weighted by atomic mass is 10.2. The third kappa shape index (κ3) is 2.71. The lowest BCUT2D eigenvalue weighted by Crippen LogP contribution is -2.25. The minimum atomic E-state index is -3.69. The Bertz CT molecular complexity index is 756. The molecule has 8 nitrogen and oxygen atoms in total. The topological polar surface area (TPSA) is 119 Å². The number of hydrogen-bond donors (Lipinski definition) is 3. The number of sulfonamides is 1. The quantitative estimate of drug-likeness (QED) is 0.719. The number of fused-ring (bicyclic) bond motifs is 1. The Balaban J connectivity index is 1.75. The Labute approximate surface area is 121 Å². The van der Waals surface area contributed by atoms with Crippen molar-refractivity contribution < 1.29 is 17.9 Å². The fraction of sp³-hybridized carbons (Fsp3) is 0.250. The molecular formula is C12H14N4O4S. The Morgan fingerprint density at radius 3 is 2.95 bits per heavy atom. The van der Waals surface area contributed by atoms with E-state index in [4.69, 9.17) is 15.2 Å². The van der Waals surface area contributed by atoms with Crippen LogP contribution in [0.25, 0.3) is 0 Å². The number of nitrogens with one attached hydrogen (secondary N) is 2. The Morgan fingerprint density at radius 1 is 1.33 bits per heavy atom. The van der Waals surface area contributed by atoms with E-state index in [1.165, 1.54) is 6.20 Å². The molecule has 112 valence electrons. The van der Waals surface area contributed by atoms with Crippen molar-refractivity contribution in [3.8, 4) is 11.5 Å². The Morgan fingerprint density at radius 2 is 2.14 bits per heavy atom. The largest absolute Gasteiger partial charge is 0.454 e. The van der Waals surface area contributed by atoms with E-state index in [1.807, 2.05) is 0 Å². The summed E-state index contributed by atoms with van der Waals surface area (Å²) in [5.74, 6) is 1.26. The molecule has 3 rings (SSSR count). The van der Waals surface area contributed by atoms with E-state index < -0.39 is 10.0 Å². The zero-order valence-corrected chi connectivity index (χ0v) is 11.8. The summed E-state index contributed by atoms with van der Waals surface area (Å²) in [5.41, 5.74) is 6.68. The highest BCUT2D eigenvalue weighted by Gasteiger charge is 2.20. The number of ether oxygens (including phenoxy) is 2. The molecule has 2 heterocycles. The van der Waals surface area contributed by atoms with Crippen LogP contribution < -0.4 is 19.9 Å². The predicted octanol–water partition coefficient (Wildman–Crippen LogP) is 0.0756. The number of hydrogen-bond acceptors (Lipinski definition) is 6.